The molecule has 1 saturated heterocycles. The maximum Gasteiger partial charge on any atom is 0.225 e. The van der Waals surface area contributed by atoms with Crippen LogP contribution in [-0.2, 0) is 11.2 Å². The maximum absolute atomic E-state index is 12.5. The molecule has 3 nitrogen and oxygen atoms in total. The van der Waals surface area contributed by atoms with Crippen LogP contribution in [0.1, 0.15) is 50.2 Å². The lowest BCUT2D eigenvalue weighted by Crippen LogP contribution is -2.61. The third kappa shape index (κ3) is 2.88. The molecule has 24 heavy (non-hydrogen) atoms. The standard InChI is InChI=1S/C21H29NO2/c1-15-5-3-4-6-17(15)9-16-7-8-21(10-16)13-22(14-21)19(23)18-11-20(2,24)12-18/h3-6,16,18,24H,7-14H2,1-2H3/t16-,18?,20?/m1/s1. The second kappa shape index (κ2) is 5.59. The van der Waals surface area contributed by atoms with Crippen molar-refractivity contribution in [1.29, 1.82) is 0 Å². The third-order valence-electron chi connectivity index (χ3n) is 6.66. The summed E-state index contributed by atoms with van der Waals surface area (Å²) < 4.78 is 0. The number of likely N-dealkylation sites (tertiary alicyclic amines) is 1. The van der Waals surface area contributed by atoms with Crippen LogP contribution in [0.15, 0.2) is 24.3 Å². The topological polar surface area (TPSA) is 40.5 Å². The van der Waals surface area contributed by atoms with Crippen molar-refractivity contribution in [1.82, 2.24) is 4.90 Å². The van der Waals surface area contributed by atoms with Crippen LogP contribution in [0.2, 0.25) is 0 Å². The molecule has 3 aliphatic rings. The molecular weight excluding hydrogens is 298 g/mol. The molecule has 1 amide bonds. The Morgan fingerprint density at radius 1 is 1.25 bits per heavy atom. The zero-order valence-corrected chi connectivity index (χ0v) is 14.9. The highest BCUT2D eigenvalue weighted by Crippen LogP contribution is 2.50. The fourth-order valence-corrected chi connectivity index (χ4v) is 5.29. The molecule has 1 aliphatic heterocycles. The summed E-state index contributed by atoms with van der Waals surface area (Å²) in [5.74, 6) is 1.13. The summed E-state index contributed by atoms with van der Waals surface area (Å²) in [6, 6.07) is 8.73. The molecule has 2 aliphatic carbocycles. The SMILES string of the molecule is Cc1ccccc1C[C@H]1CCC2(C1)CN(C(=O)C1CC(C)(O)C1)C2. The van der Waals surface area contributed by atoms with Crippen molar-refractivity contribution >= 4 is 5.91 Å². The fourth-order valence-electron chi connectivity index (χ4n) is 5.29. The minimum atomic E-state index is -0.602. The Labute approximate surface area is 145 Å². The van der Waals surface area contributed by atoms with Gasteiger partial charge in [-0.3, -0.25) is 4.79 Å². The average Bonchev–Trinajstić information content (AvgIpc) is 2.89. The second-order valence-electron chi connectivity index (χ2n) is 9.04. The van der Waals surface area contributed by atoms with Gasteiger partial charge in [-0.15, -0.1) is 0 Å². The molecule has 0 radical (unpaired) electrons. The lowest BCUT2D eigenvalue weighted by Gasteiger charge is -2.52. The number of carbonyl (C=O) groups excluding carboxylic acids is 1. The van der Waals surface area contributed by atoms with Crippen LogP contribution in [-0.4, -0.2) is 34.6 Å². The van der Waals surface area contributed by atoms with Gasteiger partial charge in [-0.05, 0) is 69.4 Å². The zero-order valence-electron chi connectivity index (χ0n) is 14.9. The Bertz CT molecular complexity index is 637. The monoisotopic (exact) mass is 327 g/mol. The van der Waals surface area contributed by atoms with E-state index >= 15 is 0 Å². The van der Waals surface area contributed by atoms with E-state index in [0.717, 1.165) is 19.0 Å². The summed E-state index contributed by atoms with van der Waals surface area (Å²) in [6.07, 6.45) is 6.32. The van der Waals surface area contributed by atoms with Crippen LogP contribution in [0, 0.1) is 24.2 Å². The lowest BCUT2D eigenvalue weighted by atomic mass is 9.69. The van der Waals surface area contributed by atoms with Gasteiger partial charge in [0.2, 0.25) is 5.91 Å². The molecule has 1 aromatic carbocycles. The Hall–Kier alpha value is -1.35. The zero-order chi connectivity index (χ0) is 16.9. The van der Waals surface area contributed by atoms with Crippen molar-refractivity contribution in [3.8, 4) is 0 Å². The molecule has 1 aromatic rings. The van der Waals surface area contributed by atoms with Crippen molar-refractivity contribution in [2.45, 2.75) is 58.0 Å². The number of benzene rings is 1. The largest absolute Gasteiger partial charge is 0.390 e. The first kappa shape index (κ1) is 16.1. The summed E-state index contributed by atoms with van der Waals surface area (Å²) in [7, 11) is 0. The van der Waals surface area contributed by atoms with E-state index in [1.807, 2.05) is 6.92 Å². The molecule has 2 saturated carbocycles. The molecule has 1 N–H and O–H groups in total. The van der Waals surface area contributed by atoms with E-state index < -0.39 is 5.60 Å². The van der Waals surface area contributed by atoms with Crippen LogP contribution in [0.25, 0.3) is 0 Å². The van der Waals surface area contributed by atoms with Gasteiger partial charge in [0.15, 0.2) is 0 Å². The van der Waals surface area contributed by atoms with E-state index in [2.05, 4.69) is 36.1 Å². The summed E-state index contributed by atoms with van der Waals surface area (Å²) in [5.41, 5.74) is 2.69. The highest BCUT2D eigenvalue weighted by Gasteiger charge is 2.52. The minimum Gasteiger partial charge on any atom is -0.390 e. The molecule has 130 valence electrons. The third-order valence-corrected chi connectivity index (χ3v) is 6.66. The summed E-state index contributed by atoms with van der Waals surface area (Å²) >= 11 is 0. The van der Waals surface area contributed by atoms with Crippen molar-refractivity contribution in [3.63, 3.8) is 0 Å². The molecule has 1 spiro atoms. The number of hydrogen-bond acceptors (Lipinski definition) is 2. The van der Waals surface area contributed by atoms with Crippen LogP contribution >= 0.6 is 0 Å². The number of nitrogens with zero attached hydrogens (tertiary/aromatic N) is 1. The Morgan fingerprint density at radius 2 is 1.96 bits per heavy atom. The lowest BCUT2D eigenvalue weighted by molar-refractivity contribution is -0.161. The highest BCUT2D eigenvalue weighted by atomic mass is 16.3. The van der Waals surface area contributed by atoms with E-state index in [0.29, 0.717) is 18.3 Å². The summed E-state index contributed by atoms with van der Waals surface area (Å²) in [4.78, 5) is 14.5. The summed E-state index contributed by atoms with van der Waals surface area (Å²) in [5, 5.41) is 9.84. The van der Waals surface area contributed by atoms with E-state index in [9.17, 15) is 9.90 Å². The van der Waals surface area contributed by atoms with Gasteiger partial charge in [0.25, 0.3) is 0 Å². The molecule has 1 heterocycles. The quantitative estimate of drug-likeness (QED) is 0.925. The molecule has 3 heteroatoms. The van der Waals surface area contributed by atoms with E-state index in [4.69, 9.17) is 0 Å². The second-order valence-corrected chi connectivity index (χ2v) is 9.04. The first-order chi connectivity index (χ1) is 11.4. The van der Waals surface area contributed by atoms with Crippen molar-refractivity contribution in [2.24, 2.45) is 17.3 Å². The van der Waals surface area contributed by atoms with E-state index in [1.165, 1.54) is 36.8 Å². The highest BCUT2D eigenvalue weighted by molar-refractivity contribution is 5.81. The molecule has 4 rings (SSSR count). The van der Waals surface area contributed by atoms with Gasteiger partial charge in [-0.25, -0.2) is 0 Å². The fraction of sp³-hybridized carbons (Fsp3) is 0.667. The van der Waals surface area contributed by atoms with Crippen LogP contribution in [0.5, 0.6) is 0 Å². The van der Waals surface area contributed by atoms with Gasteiger partial charge in [-0.2, -0.15) is 0 Å². The minimum absolute atomic E-state index is 0.0709. The van der Waals surface area contributed by atoms with E-state index in [1.54, 1.807) is 0 Å². The molecule has 0 bridgehead atoms. The molecular formula is C21H29NO2. The molecule has 3 fully saturated rings. The molecule has 1 atom stereocenters. The average molecular weight is 327 g/mol. The predicted octanol–water partition coefficient (Wildman–Crippen LogP) is 3.33. The molecule has 0 unspecified atom stereocenters. The predicted molar refractivity (Wildman–Crippen MR) is 94.6 cm³/mol. The van der Waals surface area contributed by atoms with Gasteiger partial charge in [0.1, 0.15) is 0 Å². The van der Waals surface area contributed by atoms with Gasteiger partial charge >= 0.3 is 0 Å². The van der Waals surface area contributed by atoms with Gasteiger partial charge < -0.3 is 10.0 Å². The van der Waals surface area contributed by atoms with Gasteiger partial charge in [0.05, 0.1) is 5.60 Å². The number of carbonyl (C=O) groups is 1. The van der Waals surface area contributed by atoms with Crippen LogP contribution in [0.4, 0.5) is 0 Å². The molecule has 0 aromatic heterocycles. The van der Waals surface area contributed by atoms with Crippen molar-refractivity contribution in [2.75, 3.05) is 13.1 Å². The van der Waals surface area contributed by atoms with Crippen molar-refractivity contribution in [3.05, 3.63) is 35.4 Å². The number of aryl methyl sites for hydroxylation is 1. The number of hydrogen-bond donors (Lipinski definition) is 1. The first-order valence-electron chi connectivity index (χ1n) is 9.42. The number of aliphatic hydroxyl groups is 1. The number of rotatable bonds is 3. The van der Waals surface area contributed by atoms with Crippen LogP contribution < -0.4 is 0 Å². The van der Waals surface area contributed by atoms with Crippen molar-refractivity contribution < 1.29 is 9.90 Å². The van der Waals surface area contributed by atoms with Crippen LogP contribution in [0.3, 0.4) is 0 Å². The van der Waals surface area contributed by atoms with Gasteiger partial charge in [0, 0.05) is 24.4 Å². The number of amides is 1. The Kier molecular flexibility index (Phi) is 3.76. The van der Waals surface area contributed by atoms with Gasteiger partial charge in [-0.1, -0.05) is 24.3 Å². The maximum atomic E-state index is 12.5. The Balaban J connectivity index is 1.29. The first-order valence-corrected chi connectivity index (χ1v) is 9.42. The summed E-state index contributed by atoms with van der Waals surface area (Å²) in [6.45, 7) is 5.95. The van der Waals surface area contributed by atoms with E-state index in [-0.39, 0.29) is 11.8 Å². The smallest absolute Gasteiger partial charge is 0.225 e. The Morgan fingerprint density at radius 3 is 2.62 bits per heavy atom. The normalized spacial score (nSPS) is 34.0.